The third-order valence-electron chi connectivity index (χ3n) is 1.97. The minimum atomic E-state index is -0.216. The van der Waals surface area contributed by atoms with Crippen molar-refractivity contribution in [1.29, 1.82) is 0 Å². The molecule has 7 heteroatoms. The van der Waals surface area contributed by atoms with Crippen molar-refractivity contribution in [1.82, 2.24) is 15.0 Å². The van der Waals surface area contributed by atoms with Gasteiger partial charge in [-0.15, -0.1) is 0 Å². The summed E-state index contributed by atoms with van der Waals surface area (Å²) in [6, 6.07) is 1.59. The average Bonchev–Trinajstić information content (AvgIpc) is 2.70. The quantitative estimate of drug-likeness (QED) is 0.230. The highest BCUT2D eigenvalue weighted by molar-refractivity contribution is 6.05. The van der Waals surface area contributed by atoms with Gasteiger partial charge >= 0.3 is 0 Å². The number of fused-ring (bicyclic) bond motifs is 1. The number of amidine groups is 1. The molecule has 78 valence electrons. The van der Waals surface area contributed by atoms with E-state index < -0.39 is 0 Å². The lowest BCUT2D eigenvalue weighted by Crippen LogP contribution is -2.13. The average molecular weight is 207 g/mol. The highest BCUT2D eigenvalue weighted by atomic mass is 16.4. The number of imidazole rings is 1. The lowest BCUT2D eigenvalue weighted by Gasteiger charge is -1.98. The van der Waals surface area contributed by atoms with Crippen LogP contribution in [0.25, 0.3) is 11.2 Å². The number of nitrogens with zero attached hydrogens (tertiary/aromatic N) is 3. The van der Waals surface area contributed by atoms with Gasteiger partial charge in [-0.1, -0.05) is 5.16 Å². The van der Waals surface area contributed by atoms with Crippen LogP contribution in [-0.2, 0) is 6.61 Å². The zero-order valence-electron chi connectivity index (χ0n) is 7.68. The second kappa shape index (κ2) is 3.54. The van der Waals surface area contributed by atoms with Gasteiger partial charge in [-0.25, -0.2) is 9.97 Å². The predicted molar refractivity (Wildman–Crippen MR) is 52.3 cm³/mol. The maximum Gasteiger partial charge on any atom is 0.178 e. The molecular weight excluding hydrogens is 198 g/mol. The van der Waals surface area contributed by atoms with E-state index >= 15 is 0 Å². The molecule has 0 saturated heterocycles. The number of hydrogen-bond donors (Lipinski definition) is 4. The van der Waals surface area contributed by atoms with E-state index in [1.54, 1.807) is 6.07 Å². The Balaban J connectivity index is 2.69. The lowest BCUT2D eigenvalue weighted by molar-refractivity contribution is 0.273. The number of pyridine rings is 1. The Morgan fingerprint density at radius 2 is 2.40 bits per heavy atom. The van der Waals surface area contributed by atoms with Crippen LogP contribution < -0.4 is 5.73 Å². The van der Waals surface area contributed by atoms with Crippen molar-refractivity contribution in [2.45, 2.75) is 6.61 Å². The number of aromatic nitrogens is 3. The Morgan fingerprint density at radius 3 is 3.07 bits per heavy atom. The Kier molecular flexibility index (Phi) is 2.22. The van der Waals surface area contributed by atoms with E-state index in [0.29, 0.717) is 22.6 Å². The third-order valence-corrected chi connectivity index (χ3v) is 1.97. The summed E-state index contributed by atoms with van der Waals surface area (Å²) in [6.45, 7) is -0.216. The van der Waals surface area contributed by atoms with Gasteiger partial charge in [0.25, 0.3) is 0 Å². The van der Waals surface area contributed by atoms with Gasteiger partial charge < -0.3 is 21.0 Å². The zero-order chi connectivity index (χ0) is 10.8. The molecule has 2 heterocycles. The van der Waals surface area contributed by atoms with E-state index in [0.717, 1.165) is 0 Å². The molecule has 0 aliphatic rings. The number of nitrogens with one attached hydrogen (secondary N) is 1. The summed E-state index contributed by atoms with van der Waals surface area (Å²) in [4.78, 5) is 10.8. The fourth-order valence-electron chi connectivity index (χ4n) is 1.30. The van der Waals surface area contributed by atoms with Gasteiger partial charge in [-0.05, 0) is 6.07 Å². The Bertz CT molecular complexity index is 519. The molecule has 0 saturated carbocycles. The molecule has 7 nitrogen and oxygen atoms in total. The van der Waals surface area contributed by atoms with Gasteiger partial charge in [-0.3, -0.25) is 0 Å². The van der Waals surface area contributed by atoms with E-state index in [2.05, 4.69) is 20.1 Å². The Morgan fingerprint density at radius 1 is 1.60 bits per heavy atom. The van der Waals surface area contributed by atoms with Crippen LogP contribution in [-0.4, -0.2) is 31.1 Å². The molecule has 2 aromatic heterocycles. The van der Waals surface area contributed by atoms with E-state index in [1.165, 1.54) is 6.20 Å². The van der Waals surface area contributed by atoms with Crippen LogP contribution in [0.2, 0.25) is 0 Å². The van der Waals surface area contributed by atoms with Gasteiger partial charge in [0.2, 0.25) is 0 Å². The molecule has 0 radical (unpaired) electrons. The van der Waals surface area contributed by atoms with Crippen LogP contribution in [0.5, 0.6) is 0 Å². The smallest absolute Gasteiger partial charge is 0.178 e. The fourth-order valence-corrected chi connectivity index (χ4v) is 1.30. The number of aliphatic hydroxyl groups is 1. The second-order valence-corrected chi connectivity index (χ2v) is 2.88. The first-order valence-electron chi connectivity index (χ1n) is 4.18. The van der Waals surface area contributed by atoms with Crippen LogP contribution in [0, 0.1) is 0 Å². The van der Waals surface area contributed by atoms with Gasteiger partial charge in [0.15, 0.2) is 11.5 Å². The number of nitrogens with two attached hydrogens (primary N) is 1. The Labute approximate surface area is 84.3 Å². The van der Waals surface area contributed by atoms with E-state index in [4.69, 9.17) is 16.0 Å². The van der Waals surface area contributed by atoms with Crippen molar-refractivity contribution in [3.63, 3.8) is 0 Å². The first-order chi connectivity index (χ1) is 7.26. The molecule has 5 N–H and O–H groups in total. The Hall–Kier alpha value is -2.15. The van der Waals surface area contributed by atoms with Crippen molar-refractivity contribution in [2.75, 3.05) is 0 Å². The van der Waals surface area contributed by atoms with E-state index in [1.807, 2.05) is 0 Å². The normalized spacial score (nSPS) is 12.2. The van der Waals surface area contributed by atoms with Gasteiger partial charge in [0.05, 0.1) is 5.52 Å². The molecule has 0 unspecified atom stereocenters. The molecule has 2 rings (SSSR count). The molecule has 0 spiro atoms. The monoisotopic (exact) mass is 207 g/mol. The summed E-state index contributed by atoms with van der Waals surface area (Å²) in [6.07, 6.45) is 1.50. The van der Waals surface area contributed by atoms with Crippen molar-refractivity contribution >= 4 is 17.0 Å². The topological polar surface area (TPSA) is 120 Å². The predicted octanol–water partition coefficient (Wildman–Crippen LogP) is -0.455. The molecule has 0 amide bonds. The minimum absolute atomic E-state index is 0.0319. The summed E-state index contributed by atoms with van der Waals surface area (Å²) in [7, 11) is 0. The SMILES string of the molecule is NC(=NO)c1ccnc2nc(CO)[nH]c12. The summed E-state index contributed by atoms with van der Waals surface area (Å²) in [5.41, 5.74) is 6.93. The van der Waals surface area contributed by atoms with E-state index in [9.17, 15) is 0 Å². The molecule has 0 aliphatic carbocycles. The number of aromatic amines is 1. The van der Waals surface area contributed by atoms with Crippen molar-refractivity contribution in [2.24, 2.45) is 10.9 Å². The van der Waals surface area contributed by atoms with Crippen molar-refractivity contribution < 1.29 is 10.3 Å². The molecule has 0 aliphatic heterocycles. The van der Waals surface area contributed by atoms with Gasteiger partial charge in [0, 0.05) is 11.8 Å². The number of oxime groups is 1. The summed E-state index contributed by atoms with van der Waals surface area (Å²) < 4.78 is 0. The van der Waals surface area contributed by atoms with Crippen molar-refractivity contribution in [3.05, 3.63) is 23.7 Å². The van der Waals surface area contributed by atoms with E-state index in [-0.39, 0.29) is 12.4 Å². The van der Waals surface area contributed by atoms with Crippen LogP contribution in [0.4, 0.5) is 0 Å². The van der Waals surface area contributed by atoms with Crippen LogP contribution >= 0.6 is 0 Å². The molecule has 0 bridgehead atoms. The molecule has 15 heavy (non-hydrogen) atoms. The first-order valence-corrected chi connectivity index (χ1v) is 4.18. The fraction of sp³-hybridized carbons (Fsp3) is 0.125. The minimum Gasteiger partial charge on any atom is -0.409 e. The second-order valence-electron chi connectivity index (χ2n) is 2.88. The largest absolute Gasteiger partial charge is 0.409 e. The number of hydrogen-bond acceptors (Lipinski definition) is 5. The molecule has 0 fully saturated rings. The maximum atomic E-state index is 8.89. The van der Waals surface area contributed by atoms with Crippen LogP contribution in [0.3, 0.4) is 0 Å². The molecule has 0 aromatic carbocycles. The molecule has 0 atom stereocenters. The summed E-state index contributed by atoms with van der Waals surface area (Å²) >= 11 is 0. The summed E-state index contributed by atoms with van der Waals surface area (Å²) in [5, 5.41) is 20.4. The number of aliphatic hydroxyl groups excluding tert-OH is 1. The highest BCUT2D eigenvalue weighted by Gasteiger charge is 2.10. The number of H-pyrrole nitrogens is 1. The zero-order valence-corrected chi connectivity index (χ0v) is 7.68. The first kappa shape index (κ1) is 9.41. The lowest BCUT2D eigenvalue weighted by atomic mass is 10.2. The van der Waals surface area contributed by atoms with Crippen molar-refractivity contribution in [3.8, 4) is 0 Å². The third kappa shape index (κ3) is 1.48. The van der Waals surface area contributed by atoms with Gasteiger partial charge in [-0.2, -0.15) is 0 Å². The highest BCUT2D eigenvalue weighted by Crippen LogP contribution is 2.13. The van der Waals surface area contributed by atoms with Crippen LogP contribution in [0.1, 0.15) is 11.4 Å². The maximum absolute atomic E-state index is 8.89. The number of rotatable bonds is 2. The summed E-state index contributed by atoms with van der Waals surface area (Å²) in [5.74, 6) is 0.353. The van der Waals surface area contributed by atoms with Gasteiger partial charge in [0.1, 0.15) is 12.4 Å². The molecule has 2 aromatic rings. The van der Waals surface area contributed by atoms with Crippen LogP contribution in [0.15, 0.2) is 17.4 Å². The standard InChI is InChI=1S/C8H9N5O2/c9-7(13-15)4-1-2-10-8-6(4)11-5(3-14)12-8/h1-2,14-15H,3H2,(H2,9,13)(H,10,11,12). The molecular formula is C8H9N5O2.